The molecule has 20 heavy (non-hydrogen) atoms. The zero-order valence-electron chi connectivity index (χ0n) is 10.6. The first kappa shape index (κ1) is 14.5. The van der Waals surface area contributed by atoms with Gasteiger partial charge in [0.05, 0.1) is 18.1 Å². The van der Waals surface area contributed by atoms with Gasteiger partial charge in [-0.25, -0.2) is 4.68 Å². The van der Waals surface area contributed by atoms with Gasteiger partial charge in [-0.1, -0.05) is 11.6 Å². The predicted molar refractivity (Wildman–Crippen MR) is 81.4 cm³/mol. The Kier molecular flexibility index (Phi) is 4.41. The van der Waals surface area contributed by atoms with Crippen molar-refractivity contribution in [3.05, 3.63) is 35.9 Å². The Morgan fingerprint density at radius 2 is 2.35 bits per heavy atom. The molecule has 2 aromatic rings. The molecular formula is C12H12ClN5OS. The van der Waals surface area contributed by atoms with Crippen LogP contribution >= 0.6 is 24.2 Å². The molecule has 0 radical (unpaired) electrons. The van der Waals surface area contributed by atoms with E-state index in [1.165, 1.54) is 16.6 Å². The monoisotopic (exact) mass is 309 g/mol. The summed E-state index contributed by atoms with van der Waals surface area (Å²) in [5.74, 6) is -0.398. The molecule has 0 aliphatic heterocycles. The molecule has 0 aromatic carbocycles. The van der Waals surface area contributed by atoms with E-state index in [0.717, 1.165) is 5.69 Å². The molecule has 0 unspecified atom stereocenters. The van der Waals surface area contributed by atoms with E-state index in [1.807, 2.05) is 6.07 Å². The summed E-state index contributed by atoms with van der Waals surface area (Å²) in [5.41, 5.74) is 1.04. The molecule has 0 saturated carbocycles. The minimum absolute atomic E-state index is 0.0670. The summed E-state index contributed by atoms with van der Waals surface area (Å²) in [5, 5.41) is 11.8. The van der Waals surface area contributed by atoms with Gasteiger partial charge in [0.15, 0.2) is 5.15 Å². The zero-order chi connectivity index (χ0) is 14.7. The van der Waals surface area contributed by atoms with Gasteiger partial charge in [0.2, 0.25) is 0 Å². The Balaban J connectivity index is 2.33. The molecule has 2 aromatic heterocycles. The van der Waals surface area contributed by atoms with Crippen molar-refractivity contribution in [1.29, 1.82) is 5.41 Å². The third-order valence-corrected chi connectivity index (χ3v) is 3.23. The minimum atomic E-state index is -0.465. The SMILES string of the molecule is CN(C(=O)C(=N)CS)c1cn(-c2cccnc2)nc1Cl. The first-order chi connectivity index (χ1) is 9.54. The van der Waals surface area contributed by atoms with Crippen molar-refractivity contribution in [2.75, 3.05) is 17.7 Å². The van der Waals surface area contributed by atoms with E-state index in [2.05, 4.69) is 22.7 Å². The normalized spacial score (nSPS) is 10.3. The quantitative estimate of drug-likeness (QED) is 0.668. The molecule has 2 heterocycles. The van der Waals surface area contributed by atoms with Gasteiger partial charge in [-0.15, -0.1) is 0 Å². The number of hydrogen-bond donors (Lipinski definition) is 2. The van der Waals surface area contributed by atoms with Gasteiger partial charge >= 0.3 is 0 Å². The third-order valence-electron chi connectivity index (χ3n) is 2.64. The lowest BCUT2D eigenvalue weighted by Crippen LogP contribution is -2.33. The molecule has 0 spiro atoms. The second-order valence-corrected chi connectivity index (χ2v) is 4.64. The summed E-state index contributed by atoms with van der Waals surface area (Å²) >= 11 is 9.96. The highest BCUT2D eigenvalue weighted by Crippen LogP contribution is 2.25. The van der Waals surface area contributed by atoms with Crippen LogP contribution in [0.4, 0.5) is 5.69 Å². The van der Waals surface area contributed by atoms with E-state index in [-0.39, 0.29) is 16.6 Å². The molecule has 2 rings (SSSR count). The maximum Gasteiger partial charge on any atom is 0.272 e. The van der Waals surface area contributed by atoms with Crippen LogP contribution in [0.2, 0.25) is 5.15 Å². The van der Waals surface area contributed by atoms with Crippen LogP contribution in [0.25, 0.3) is 5.69 Å². The van der Waals surface area contributed by atoms with Gasteiger partial charge in [0.25, 0.3) is 5.91 Å². The summed E-state index contributed by atoms with van der Waals surface area (Å²) < 4.78 is 1.53. The molecule has 8 heteroatoms. The third kappa shape index (κ3) is 2.83. The van der Waals surface area contributed by atoms with Crippen LogP contribution < -0.4 is 4.90 Å². The maximum absolute atomic E-state index is 11.9. The van der Waals surface area contributed by atoms with E-state index in [1.54, 1.807) is 24.7 Å². The zero-order valence-corrected chi connectivity index (χ0v) is 12.3. The highest BCUT2D eigenvalue weighted by molar-refractivity contribution is 7.81. The van der Waals surface area contributed by atoms with Crippen molar-refractivity contribution in [3.63, 3.8) is 0 Å². The predicted octanol–water partition coefficient (Wildman–Crippen LogP) is 1.83. The number of pyridine rings is 1. The molecule has 1 N–H and O–H groups in total. The summed E-state index contributed by atoms with van der Waals surface area (Å²) in [6, 6.07) is 3.59. The van der Waals surface area contributed by atoms with E-state index < -0.39 is 5.91 Å². The number of anilines is 1. The Morgan fingerprint density at radius 3 is 2.95 bits per heavy atom. The standard InChI is InChI=1S/C12H12ClN5OS/c1-17(12(19)9(14)7-20)10-6-18(16-11(10)13)8-3-2-4-15-5-8/h2-6,14,20H,7H2,1H3. The smallest absolute Gasteiger partial charge is 0.272 e. The van der Waals surface area contributed by atoms with Crippen molar-refractivity contribution in [2.45, 2.75) is 0 Å². The van der Waals surface area contributed by atoms with Crippen LogP contribution in [0.15, 0.2) is 30.7 Å². The minimum Gasteiger partial charge on any atom is -0.306 e. The average molecular weight is 310 g/mol. The number of carbonyl (C=O) groups excluding carboxylic acids is 1. The molecule has 0 bridgehead atoms. The van der Waals surface area contributed by atoms with Gasteiger partial charge in [-0.05, 0) is 12.1 Å². The Hall–Kier alpha value is -1.86. The number of halogens is 1. The van der Waals surface area contributed by atoms with Gasteiger partial charge < -0.3 is 4.90 Å². The van der Waals surface area contributed by atoms with Crippen molar-refractivity contribution >= 4 is 41.5 Å². The van der Waals surface area contributed by atoms with E-state index >= 15 is 0 Å². The number of aromatic nitrogens is 3. The average Bonchev–Trinajstić information content (AvgIpc) is 2.87. The van der Waals surface area contributed by atoms with Crippen LogP contribution in [0.5, 0.6) is 0 Å². The van der Waals surface area contributed by atoms with Crippen LogP contribution in [-0.4, -0.2) is 39.2 Å². The van der Waals surface area contributed by atoms with Crippen molar-refractivity contribution in [2.24, 2.45) is 0 Å². The summed E-state index contributed by atoms with van der Waals surface area (Å²) in [4.78, 5) is 17.2. The molecule has 0 aliphatic carbocycles. The Labute approximate surface area is 126 Å². The highest BCUT2D eigenvalue weighted by Gasteiger charge is 2.20. The van der Waals surface area contributed by atoms with Crippen LogP contribution in [0.3, 0.4) is 0 Å². The molecule has 0 atom stereocenters. The second kappa shape index (κ2) is 6.06. The molecule has 6 nitrogen and oxygen atoms in total. The maximum atomic E-state index is 11.9. The molecular weight excluding hydrogens is 298 g/mol. The largest absolute Gasteiger partial charge is 0.306 e. The van der Waals surface area contributed by atoms with Crippen molar-refractivity contribution in [1.82, 2.24) is 14.8 Å². The van der Waals surface area contributed by atoms with Gasteiger partial charge in [-0.2, -0.15) is 17.7 Å². The summed E-state index contributed by atoms with van der Waals surface area (Å²) in [7, 11) is 1.54. The fraction of sp³-hybridized carbons (Fsp3) is 0.167. The van der Waals surface area contributed by atoms with Gasteiger partial charge in [-0.3, -0.25) is 15.2 Å². The Morgan fingerprint density at radius 1 is 1.60 bits per heavy atom. The van der Waals surface area contributed by atoms with E-state index in [9.17, 15) is 4.79 Å². The topological polar surface area (TPSA) is 74.9 Å². The number of hydrogen-bond acceptors (Lipinski definition) is 5. The fourth-order valence-electron chi connectivity index (χ4n) is 1.57. The summed E-state index contributed by atoms with van der Waals surface area (Å²) in [6.07, 6.45) is 4.90. The molecule has 1 amide bonds. The first-order valence-electron chi connectivity index (χ1n) is 5.66. The van der Waals surface area contributed by atoms with Gasteiger partial charge in [0, 0.05) is 19.0 Å². The number of rotatable bonds is 4. The van der Waals surface area contributed by atoms with Crippen LogP contribution in [0, 0.1) is 5.41 Å². The number of carbonyl (C=O) groups is 1. The molecule has 0 fully saturated rings. The highest BCUT2D eigenvalue weighted by atomic mass is 35.5. The van der Waals surface area contributed by atoms with Crippen molar-refractivity contribution < 1.29 is 4.79 Å². The number of nitrogens with one attached hydrogen (secondary N) is 1. The first-order valence-corrected chi connectivity index (χ1v) is 6.67. The molecule has 104 valence electrons. The summed E-state index contributed by atoms with van der Waals surface area (Å²) in [6.45, 7) is 0. The van der Waals surface area contributed by atoms with Crippen LogP contribution in [-0.2, 0) is 4.79 Å². The lowest BCUT2D eigenvalue weighted by Gasteiger charge is -2.15. The fourth-order valence-corrected chi connectivity index (χ4v) is 1.96. The van der Waals surface area contributed by atoms with Gasteiger partial charge in [0.1, 0.15) is 11.4 Å². The lowest BCUT2D eigenvalue weighted by atomic mass is 10.3. The van der Waals surface area contributed by atoms with E-state index in [4.69, 9.17) is 17.0 Å². The Bertz CT molecular complexity index is 643. The number of thiol groups is 1. The number of nitrogens with zero attached hydrogens (tertiary/aromatic N) is 4. The van der Waals surface area contributed by atoms with Crippen molar-refractivity contribution in [3.8, 4) is 5.69 Å². The number of amides is 1. The second-order valence-electron chi connectivity index (χ2n) is 3.96. The van der Waals surface area contributed by atoms with Crippen LogP contribution in [0.1, 0.15) is 0 Å². The lowest BCUT2D eigenvalue weighted by molar-refractivity contribution is -0.112. The molecule has 0 saturated heterocycles. The van der Waals surface area contributed by atoms with E-state index in [0.29, 0.717) is 5.69 Å². The molecule has 0 aliphatic rings.